The van der Waals surface area contributed by atoms with Gasteiger partial charge in [0.25, 0.3) is 5.56 Å². The third kappa shape index (κ3) is 3.60. The van der Waals surface area contributed by atoms with Crippen LogP contribution >= 0.6 is 0 Å². The first-order valence-electron chi connectivity index (χ1n) is 8.25. The molecule has 5 nitrogen and oxygen atoms in total. The molecule has 5 heteroatoms. The summed E-state index contributed by atoms with van der Waals surface area (Å²) < 4.78 is 12.3. The summed E-state index contributed by atoms with van der Waals surface area (Å²) in [6.07, 6.45) is 0. The summed E-state index contributed by atoms with van der Waals surface area (Å²) in [5.41, 5.74) is 2.50. The number of rotatable bonds is 6. The van der Waals surface area contributed by atoms with Gasteiger partial charge >= 0.3 is 0 Å². The lowest BCUT2D eigenvalue weighted by molar-refractivity contribution is 0.340. The van der Waals surface area contributed by atoms with E-state index in [1.165, 1.54) is 0 Å². The van der Waals surface area contributed by atoms with Gasteiger partial charge in [-0.1, -0.05) is 0 Å². The summed E-state index contributed by atoms with van der Waals surface area (Å²) >= 11 is 0. The van der Waals surface area contributed by atoms with E-state index in [1.54, 1.807) is 18.7 Å². The third-order valence-corrected chi connectivity index (χ3v) is 4.16. The third-order valence-electron chi connectivity index (χ3n) is 4.16. The Morgan fingerprint density at radius 1 is 1.04 bits per heavy atom. The average Bonchev–Trinajstić information content (AvgIpc) is 2.64. The van der Waals surface area contributed by atoms with Crippen molar-refractivity contribution in [3.8, 4) is 11.5 Å². The van der Waals surface area contributed by atoms with E-state index >= 15 is 0 Å². The number of benzene rings is 2. The fourth-order valence-electron chi connectivity index (χ4n) is 2.80. The van der Waals surface area contributed by atoms with Crippen LogP contribution in [0.3, 0.4) is 0 Å². The standard InChI is InChI=1S/C20H22N2O3/c1-4-25-17-9-6-16(7-10-17)21-13-15-11-14-5-8-18(24-3)12-19(14)22(2)20(15)23/h5-12,21H,4,13H2,1-3H3. The molecule has 0 bridgehead atoms. The molecular formula is C20H22N2O3. The number of aromatic nitrogens is 1. The molecule has 0 atom stereocenters. The highest BCUT2D eigenvalue weighted by molar-refractivity contribution is 5.81. The van der Waals surface area contributed by atoms with Gasteiger partial charge < -0.3 is 19.4 Å². The van der Waals surface area contributed by atoms with Gasteiger partial charge in [-0.2, -0.15) is 0 Å². The number of aryl methyl sites for hydroxylation is 1. The molecule has 0 spiro atoms. The van der Waals surface area contributed by atoms with Crippen LogP contribution in [0, 0.1) is 0 Å². The van der Waals surface area contributed by atoms with Crippen LogP contribution in [0.2, 0.25) is 0 Å². The molecule has 130 valence electrons. The van der Waals surface area contributed by atoms with Crippen molar-refractivity contribution in [2.75, 3.05) is 19.0 Å². The van der Waals surface area contributed by atoms with E-state index in [1.807, 2.05) is 55.5 Å². The first-order valence-corrected chi connectivity index (χ1v) is 8.25. The molecular weight excluding hydrogens is 316 g/mol. The van der Waals surface area contributed by atoms with Crippen LogP contribution in [0.5, 0.6) is 11.5 Å². The van der Waals surface area contributed by atoms with Crippen LogP contribution in [-0.2, 0) is 13.6 Å². The monoisotopic (exact) mass is 338 g/mol. The van der Waals surface area contributed by atoms with Crippen LogP contribution in [0.4, 0.5) is 5.69 Å². The Kier molecular flexibility index (Phi) is 4.93. The fourth-order valence-corrected chi connectivity index (χ4v) is 2.80. The van der Waals surface area contributed by atoms with Gasteiger partial charge in [-0.25, -0.2) is 0 Å². The molecule has 0 aliphatic carbocycles. The van der Waals surface area contributed by atoms with Gasteiger partial charge in [-0.05, 0) is 54.8 Å². The van der Waals surface area contributed by atoms with Crippen molar-refractivity contribution in [2.24, 2.45) is 7.05 Å². The van der Waals surface area contributed by atoms with Crippen molar-refractivity contribution < 1.29 is 9.47 Å². The van der Waals surface area contributed by atoms with E-state index in [-0.39, 0.29) is 5.56 Å². The van der Waals surface area contributed by atoms with Crippen molar-refractivity contribution in [2.45, 2.75) is 13.5 Å². The van der Waals surface area contributed by atoms with Crippen LogP contribution in [0.15, 0.2) is 53.3 Å². The fraction of sp³-hybridized carbons (Fsp3) is 0.250. The van der Waals surface area contributed by atoms with Crippen LogP contribution < -0.4 is 20.3 Å². The molecule has 0 saturated carbocycles. The highest BCUT2D eigenvalue weighted by atomic mass is 16.5. The summed E-state index contributed by atoms with van der Waals surface area (Å²) in [5.74, 6) is 1.58. The number of anilines is 1. The number of hydrogen-bond donors (Lipinski definition) is 1. The van der Waals surface area contributed by atoms with Gasteiger partial charge in [0.15, 0.2) is 0 Å². The Morgan fingerprint density at radius 3 is 2.44 bits per heavy atom. The first kappa shape index (κ1) is 16.9. The first-order chi connectivity index (χ1) is 12.1. The van der Waals surface area contributed by atoms with E-state index in [4.69, 9.17) is 9.47 Å². The number of nitrogens with one attached hydrogen (secondary N) is 1. The van der Waals surface area contributed by atoms with Gasteiger partial charge in [-0.15, -0.1) is 0 Å². The van der Waals surface area contributed by atoms with Gasteiger partial charge in [0.2, 0.25) is 0 Å². The molecule has 0 amide bonds. The molecule has 1 heterocycles. The van der Waals surface area contributed by atoms with E-state index in [0.717, 1.165) is 28.1 Å². The second-order valence-electron chi connectivity index (χ2n) is 5.77. The minimum absolute atomic E-state index is 0.0146. The highest BCUT2D eigenvalue weighted by Gasteiger charge is 2.08. The minimum Gasteiger partial charge on any atom is -0.497 e. The van der Waals surface area contributed by atoms with Crippen LogP contribution in [-0.4, -0.2) is 18.3 Å². The Morgan fingerprint density at radius 2 is 1.76 bits per heavy atom. The lowest BCUT2D eigenvalue weighted by atomic mass is 10.1. The SMILES string of the molecule is CCOc1ccc(NCc2cc3ccc(OC)cc3n(C)c2=O)cc1. The highest BCUT2D eigenvalue weighted by Crippen LogP contribution is 2.21. The Balaban J connectivity index is 1.84. The summed E-state index contributed by atoms with van der Waals surface area (Å²) in [6.45, 7) is 3.06. The number of hydrogen-bond acceptors (Lipinski definition) is 4. The predicted molar refractivity (Wildman–Crippen MR) is 101 cm³/mol. The van der Waals surface area contributed by atoms with E-state index in [9.17, 15) is 4.79 Å². The predicted octanol–water partition coefficient (Wildman–Crippen LogP) is 3.56. The summed E-state index contributed by atoms with van der Waals surface area (Å²) in [6, 6.07) is 15.4. The maximum Gasteiger partial charge on any atom is 0.255 e. The molecule has 0 aliphatic rings. The summed E-state index contributed by atoms with van der Waals surface area (Å²) in [5, 5.41) is 4.30. The van der Waals surface area contributed by atoms with Crippen LogP contribution in [0.25, 0.3) is 10.9 Å². The Bertz CT molecular complexity index is 930. The number of nitrogens with zero attached hydrogens (tertiary/aromatic N) is 1. The molecule has 25 heavy (non-hydrogen) atoms. The second-order valence-corrected chi connectivity index (χ2v) is 5.77. The molecule has 2 aromatic carbocycles. The zero-order valence-electron chi connectivity index (χ0n) is 14.7. The van der Waals surface area contributed by atoms with Gasteiger partial charge in [0.1, 0.15) is 11.5 Å². The number of ether oxygens (including phenoxy) is 2. The van der Waals surface area contributed by atoms with Crippen LogP contribution in [0.1, 0.15) is 12.5 Å². The maximum atomic E-state index is 12.6. The second kappa shape index (κ2) is 7.30. The van der Waals surface area contributed by atoms with Crippen molar-refractivity contribution in [3.05, 3.63) is 64.4 Å². The molecule has 3 aromatic rings. The zero-order chi connectivity index (χ0) is 17.8. The van der Waals surface area contributed by atoms with Crippen molar-refractivity contribution >= 4 is 16.6 Å². The molecule has 0 unspecified atom stereocenters. The van der Waals surface area contributed by atoms with Gasteiger partial charge in [0.05, 0.1) is 19.2 Å². The molecule has 0 saturated heterocycles. The van der Waals surface area contributed by atoms with E-state index < -0.39 is 0 Å². The van der Waals surface area contributed by atoms with Crippen molar-refractivity contribution in [1.29, 1.82) is 0 Å². The van der Waals surface area contributed by atoms with Gasteiger partial charge in [0, 0.05) is 30.9 Å². The largest absolute Gasteiger partial charge is 0.497 e. The van der Waals surface area contributed by atoms with E-state index in [2.05, 4.69) is 5.32 Å². The molecule has 0 radical (unpaired) electrons. The zero-order valence-corrected chi connectivity index (χ0v) is 14.7. The van der Waals surface area contributed by atoms with E-state index in [0.29, 0.717) is 18.7 Å². The van der Waals surface area contributed by atoms with Crippen molar-refractivity contribution in [3.63, 3.8) is 0 Å². The normalized spacial score (nSPS) is 10.7. The average molecular weight is 338 g/mol. The molecule has 0 aliphatic heterocycles. The van der Waals surface area contributed by atoms with Crippen molar-refractivity contribution in [1.82, 2.24) is 4.57 Å². The number of pyridine rings is 1. The smallest absolute Gasteiger partial charge is 0.255 e. The Labute approximate surface area is 146 Å². The number of methoxy groups -OCH3 is 1. The Hall–Kier alpha value is -2.95. The summed E-state index contributed by atoms with van der Waals surface area (Å²) in [4.78, 5) is 12.6. The quantitative estimate of drug-likeness (QED) is 0.747. The van der Waals surface area contributed by atoms with Gasteiger partial charge in [-0.3, -0.25) is 4.79 Å². The summed E-state index contributed by atoms with van der Waals surface area (Å²) in [7, 11) is 3.40. The number of fused-ring (bicyclic) bond motifs is 1. The topological polar surface area (TPSA) is 52.5 Å². The maximum absolute atomic E-state index is 12.6. The lowest BCUT2D eigenvalue weighted by Crippen LogP contribution is -2.23. The minimum atomic E-state index is -0.0146. The molecule has 0 fully saturated rings. The molecule has 3 rings (SSSR count). The lowest BCUT2D eigenvalue weighted by Gasteiger charge is -2.12. The molecule has 1 aromatic heterocycles. The molecule has 1 N–H and O–H groups in total.